The summed E-state index contributed by atoms with van der Waals surface area (Å²) in [6.07, 6.45) is 4.24. The summed E-state index contributed by atoms with van der Waals surface area (Å²) in [7, 11) is 0. The minimum atomic E-state index is -0.616. The predicted octanol–water partition coefficient (Wildman–Crippen LogP) is 4.06. The molecule has 6 atom stereocenters. The number of nitrogens with two attached hydrogens (primary N) is 1. The first-order valence-corrected chi connectivity index (χ1v) is 11.2. The van der Waals surface area contributed by atoms with Gasteiger partial charge in [-0.25, -0.2) is 0 Å². The van der Waals surface area contributed by atoms with E-state index in [1.54, 1.807) is 18.7 Å². The fourth-order valence-electron chi connectivity index (χ4n) is 5.32. The molecule has 0 radical (unpaired) electrons. The second-order valence-electron chi connectivity index (χ2n) is 9.25. The molecule has 2 saturated carbocycles. The maximum Gasteiger partial charge on any atom is 0.323 e. The normalized spacial score (nSPS) is 35.0. The van der Waals surface area contributed by atoms with Crippen LogP contribution in [0.25, 0.3) is 0 Å². The van der Waals surface area contributed by atoms with E-state index in [-0.39, 0.29) is 22.0 Å². The van der Waals surface area contributed by atoms with E-state index in [2.05, 4.69) is 34.6 Å². The van der Waals surface area contributed by atoms with Crippen molar-refractivity contribution >= 4 is 23.5 Å². The molecular formula is C21H37NO3S. The minimum absolute atomic E-state index is 0.0473. The molecule has 0 spiro atoms. The number of ketones is 1. The Morgan fingerprint density at radius 3 is 2.54 bits per heavy atom. The molecule has 2 fully saturated rings. The van der Waals surface area contributed by atoms with Crippen LogP contribution >= 0.6 is 11.8 Å². The molecule has 2 aliphatic carbocycles. The van der Waals surface area contributed by atoms with Crippen LogP contribution in [0.2, 0.25) is 0 Å². The summed E-state index contributed by atoms with van der Waals surface area (Å²) in [4.78, 5) is 25.1. The molecule has 4 unspecified atom stereocenters. The van der Waals surface area contributed by atoms with Gasteiger partial charge in [0.2, 0.25) is 0 Å². The van der Waals surface area contributed by atoms with Crippen molar-refractivity contribution in [3.05, 3.63) is 0 Å². The van der Waals surface area contributed by atoms with E-state index in [4.69, 9.17) is 10.5 Å². The van der Waals surface area contributed by atoms with E-state index in [1.165, 1.54) is 12.8 Å². The van der Waals surface area contributed by atoms with Crippen LogP contribution in [0.3, 0.4) is 0 Å². The highest BCUT2D eigenvalue weighted by molar-refractivity contribution is 7.99. The zero-order valence-corrected chi connectivity index (χ0v) is 18.2. The molecule has 0 aromatic rings. The van der Waals surface area contributed by atoms with Crippen molar-refractivity contribution in [2.45, 2.75) is 78.5 Å². The molecule has 0 amide bonds. The Hall–Kier alpha value is -0.550. The molecule has 0 aliphatic heterocycles. The zero-order valence-electron chi connectivity index (χ0n) is 17.3. The van der Waals surface area contributed by atoms with Crippen molar-refractivity contribution in [2.75, 3.05) is 12.4 Å². The number of carbonyl (C=O) groups excluding carboxylic acids is 2. The SMILES string of the molecule is CCOC(=O)C(N)CSC(C)CC(=O)[C@@]1(C)C2C(C)C[C@@H]2CCC1(C)C. The number of carbonyl (C=O) groups is 2. The Balaban J connectivity index is 1.97. The third-order valence-corrected chi connectivity index (χ3v) is 8.50. The van der Waals surface area contributed by atoms with Crippen LogP contribution in [0.4, 0.5) is 0 Å². The van der Waals surface area contributed by atoms with Gasteiger partial charge < -0.3 is 10.5 Å². The van der Waals surface area contributed by atoms with Gasteiger partial charge in [0.25, 0.3) is 0 Å². The maximum atomic E-state index is 13.4. The molecule has 5 heteroatoms. The number of fused-ring (bicyclic) bond motifs is 1. The molecule has 0 bridgehead atoms. The molecule has 0 aromatic carbocycles. The van der Waals surface area contributed by atoms with Crippen LogP contribution in [0, 0.1) is 28.6 Å². The van der Waals surface area contributed by atoms with Gasteiger partial charge in [0, 0.05) is 22.8 Å². The van der Waals surface area contributed by atoms with E-state index < -0.39 is 6.04 Å². The summed E-state index contributed by atoms with van der Waals surface area (Å²) in [5.41, 5.74) is 5.68. The first-order valence-electron chi connectivity index (χ1n) is 10.1. The highest BCUT2D eigenvalue weighted by atomic mass is 32.2. The summed E-state index contributed by atoms with van der Waals surface area (Å²) in [5, 5.41) is 0.159. The van der Waals surface area contributed by atoms with Gasteiger partial charge in [-0.2, -0.15) is 11.8 Å². The van der Waals surface area contributed by atoms with Crippen LogP contribution < -0.4 is 5.73 Å². The van der Waals surface area contributed by atoms with Crippen molar-refractivity contribution in [3.8, 4) is 0 Å². The van der Waals surface area contributed by atoms with E-state index in [1.807, 2.05) is 0 Å². The van der Waals surface area contributed by atoms with Crippen molar-refractivity contribution in [3.63, 3.8) is 0 Å². The van der Waals surface area contributed by atoms with Gasteiger partial charge in [0.1, 0.15) is 11.8 Å². The molecule has 26 heavy (non-hydrogen) atoms. The lowest BCUT2D eigenvalue weighted by molar-refractivity contribution is -0.169. The van der Waals surface area contributed by atoms with Gasteiger partial charge in [-0.05, 0) is 49.4 Å². The number of rotatable bonds is 8. The Kier molecular flexibility index (Phi) is 6.87. The van der Waals surface area contributed by atoms with Gasteiger partial charge >= 0.3 is 5.97 Å². The van der Waals surface area contributed by atoms with Gasteiger partial charge in [0.15, 0.2) is 0 Å². The molecule has 4 nitrogen and oxygen atoms in total. The predicted molar refractivity (Wildman–Crippen MR) is 108 cm³/mol. The lowest BCUT2D eigenvalue weighted by atomic mass is 9.41. The fourth-order valence-corrected chi connectivity index (χ4v) is 6.26. The first kappa shape index (κ1) is 21.7. The molecule has 2 aliphatic rings. The monoisotopic (exact) mass is 383 g/mol. The van der Waals surface area contributed by atoms with Crippen molar-refractivity contribution in [2.24, 2.45) is 34.3 Å². The summed E-state index contributed by atoms with van der Waals surface area (Å²) in [6, 6.07) is -0.616. The summed E-state index contributed by atoms with van der Waals surface area (Å²) in [6.45, 7) is 13.3. The number of hydrogen-bond acceptors (Lipinski definition) is 5. The summed E-state index contributed by atoms with van der Waals surface area (Å²) < 4.78 is 4.96. The topological polar surface area (TPSA) is 69.4 Å². The van der Waals surface area contributed by atoms with Crippen LogP contribution in [0.15, 0.2) is 0 Å². The van der Waals surface area contributed by atoms with E-state index in [0.29, 0.717) is 36.4 Å². The third-order valence-electron chi connectivity index (χ3n) is 7.21. The maximum absolute atomic E-state index is 13.4. The second-order valence-corrected chi connectivity index (χ2v) is 10.7. The standard InChI is InChI=1S/C21H37NO3S/c1-7-25-19(24)16(22)12-26-14(3)11-17(23)21(6)18-13(2)10-15(18)8-9-20(21,4)5/h13-16,18H,7-12,22H2,1-6H3/t13?,14?,15-,16?,18?,21-/m0/s1. The Morgan fingerprint density at radius 1 is 1.31 bits per heavy atom. The molecule has 0 saturated heterocycles. The van der Waals surface area contributed by atoms with Crippen molar-refractivity contribution in [1.29, 1.82) is 0 Å². The van der Waals surface area contributed by atoms with E-state index in [0.717, 1.165) is 12.3 Å². The molecule has 2 N–H and O–H groups in total. The Morgan fingerprint density at radius 2 is 1.96 bits per heavy atom. The van der Waals surface area contributed by atoms with E-state index >= 15 is 0 Å². The highest BCUT2D eigenvalue weighted by Gasteiger charge is 2.61. The van der Waals surface area contributed by atoms with E-state index in [9.17, 15) is 9.59 Å². The van der Waals surface area contributed by atoms with Crippen molar-refractivity contribution in [1.82, 2.24) is 0 Å². The lowest BCUT2D eigenvalue weighted by Crippen LogP contribution is -2.60. The Labute approximate surface area is 163 Å². The van der Waals surface area contributed by atoms with Crippen LogP contribution in [-0.2, 0) is 14.3 Å². The largest absolute Gasteiger partial charge is 0.465 e. The molecular weight excluding hydrogens is 346 g/mol. The van der Waals surface area contributed by atoms with Crippen molar-refractivity contribution < 1.29 is 14.3 Å². The Bertz CT molecular complexity index is 535. The van der Waals surface area contributed by atoms with Crippen LogP contribution in [-0.4, -0.2) is 35.4 Å². The first-order chi connectivity index (χ1) is 12.0. The summed E-state index contributed by atoms with van der Waals surface area (Å²) in [5.74, 6) is 2.44. The van der Waals surface area contributed by atoms with Crippen LogP contribution in [0.1, 0.15) is 67.2 Å². The fraction of sp³-hybridized carbons (Fsp3) is 0.905. The quantitative estimate of drug-likeness (QED) is 0.640. The molecule has 0 heterocycles. The van der Waals surface area contributed by atoms with Gasteiger partial charge in [0.05, 0.1) is 6.61 Å². The zero-order chi connectivity index (χ0) is 19.7. The average Bonchev–Trinajstić information content (AvgIpc) is 2.54. The third kappa shape index (κ3) is 3.99. The number of Topliss-reactive ketones (excluding diaryl/α,β-unsaturated/α-hetero) is 1. The summed E-state index contributed by atoms with van der Waals surface area (Å²) >= 11 is 1.60. The number of thioether (sulfide) groups is 1. The van der Waals surface area contributed by atoms with Crippen LogP contribution in [0.5, 0.6) is 0 Å². The lowest BCUT2D eigenvalue weighted by Gasteiger charge is -2.62. The minimum Gasteiger partial charge on any atom is -0.465 e. The van der Waals surface area contributed by atoms with Gasteiger partial charge in [-0.1, -0.05) is 34.6 Å². The highest BCUT2D eigenvalue weighted by Crippen LogP contribution is 2.65. The molecule has 0 aromatic heterocycles. The molecule has 150 valence electrons. The van der Waals surface area contributed by atoms with Gasteiger partial charge in [-0.15, -0.1) is 0 Å². The number of esters is 1. The average molecular weight is 384 g/mol. The number of hydrogen-bond donors (Lipinski definition) is 1. The smallest absolute Gasteiger partial charge is 0.323 e. The van der Waals surface area contributed by atoms with Gasteiger partial charge in [-0.3, -0.25) is 9.59 Å². The molecule has 2 rings (SSSR count). The second kappa shape index (κ2) is 8.22. The number of ether oxygens (including phenoxy) is 1.